The third-order valence-corrected chi connectivity index (χ3v) is 2.37. The largest absolute Gasteiger partial charge is 0.451 e. The summed E-state index contributed by atoms with van der Waals surface area (Å²) in [6, 6.07) is 0. The Labute approximate surface area is 96.4 Å². The van der Waals surface area contributed by atoms with Gasteiger partial charge in [0, 0.05) is 6.92 Å². The van der Waals surface area contributed by atoms with Gasteiger partial charge in [0.1, 0.15) is 18.3 Å². The number of ketones is 1. The Kier molecular flexibility index (Phi) is 4.54. The number of hydrogen-bond donors (Lipinski definition) is 4. The van der Waals surface area contributed by atoms with E-state index in [0.29, 0.717) is 0 Å². The highest BCUT2D eigenvalue weighted by atomic mass is 16.7. The lowest BCUT2D eigenvalue weighted by Crippen LogP contribution is -2.60. The summed E-state index contributed by atoms with van der Waals surface area (Å²) >= 11 is 0. The van der Waals surface area contributed by atoms with Crippen LogP contribution < -0.4 is 0 Å². The van der Waals surface area contributed by atoms with Gasteiger partial charge in [-0.25, -0.2) is 4.79 Å². The van der Waals surface area contributed by atoms with Gasteiger partial charge in [-0.2, -0.15) is 0 Å². The standard InChI is InChI=1S/C9H14O8/c1-3(11)8(14)17-7-4(2-10)16-9(15)6(13)5(7)12/h4-7,9-10,12-13,15H,2H2,1H3/t4-,5-,6-,7-,9+/m1/s1. The number of carbonyl (C=O) groups excluding carboxylic acids is 2. The number of esters is 1. The van der Waals surface area contributed by atoms with Crippen molar-refractivity contribution in [3.05, 3.63) is 0 Å². The third kappa shape index (κ3) is 2.99. The van der Waals surface area contributed by atoms with Crippen molar-refractivity contribution in [1.29, 1.82) is 0 Å². The van der Waals surface area contributed by atoms with Crippen LogP contribution in [0.3, 0.4) is 0 Å². The Bertz CT molecular complexity index is 301. The second kappa shape index (κ2) is 5.52. The minimum atomic E-state index is -1.70. The van der Waals surface area contributed by atoms with Crippen LogP contribution >= 0.6 is 0 Å². The molecule has 1 rings (SSSR count). The van der Waals surface area contributed by atoms with Crippen LogP contribution in [-0.4, -0.2) is 69.5 Å². The van der Waals surface area contributed by atoms with Gasteiger partial charge in [0.25, 0.3) is 0 Å². The van der Waals surface area contributed by atoms with Gasteiger partial charge in [-0.1, -0.05) is 0 Å². The van der Waals surface area contributed by atoms with Gasteiger partial charge >= 0.3 is 5.97 Å². The van der Waals surface area contributed by atoms with Gasteiger partial charge in [-0.3, -0.25) is 4.79 Å². The van der Waals surface area contributed by atoms with E-state index in [-0.39, 0.29) is 0 Å². The predicted octanol–water partition coefficient (Wildman–Crippen LogP) is -3.08. The Morgan fingerprint density at radius 2 is 1.82 bits per heavy atom. The Hall–Kier alpha value is -1.06. The summed E-state index contributed by atoms with van der Waals surface area (Å²) < 4.78 is 9.31. The highest BCUT2D eigenvalue weighted by molar-refractivity contribution is 6.32. The van der Waals surface area contributed by atoms with Crippen LogP contribution in [-0.2, 0) is 19.1 Å². The minimum Gasteiger partial charge on any atom is -0.451 e. The molecule has 0 aromatic carbocycles. The number of aliphatic hydroxyl groups excluding tert-OH is 4. The number of aliphatic hydroxyl groups is 4. The van der Waals surface area contributed by atoms with Crippen LogP contribution in [0.15, 0.2) is 0 Å². The third-order valence-electron chi connectivity index (χ3n) is 2.37. The quantitative estimate of drug-likeness (QED) is 0.306. The highest BCUT2D eigenvalue weighted by Crippen LogP contribution is 2.22. The fourth-order valence-corrected chi connectivity index (χ4v) is 1.42. The van der Waals surface area contributed by atoms with Crippen molar-refractivity contribution < 1.29 is 39.5 Å². The van der Waals surface area contributed by atoms with E-state index in [0.717, 1.165) is 6.92 Å². The lowest BCUT2D eigenvalue weighted by Gasteiger charge is -2.39. The van der Waals surface area contributed by atoms with Crippen molar-refractivity contribution in [1.82, 2.24) is 0 Å². The summed E-state index contributed by atoms with van der Waals surface area (Å²) in [7, 11) is 0. The molecule has 4 N–H and O–H groups in total. The number of Topliss-reactive ketones (excluding diaryl/α,β-unsaturated/α-hetero) is 1. The molecule has 0 amide bonds. The first kappa shape index (κ1) is 14.0. The molecule has 1 heterocycles. The summed E-state index contributed by atoms with van der Waals surface area (Å²) in [6.07, 6.45) is -7.68. The van der Waals surface area contributed by atoms with Crippen molar-refractivity contribution in [3.63, 3.8) is 0 Å². The topological polar surface area (TPSA) is 134 Å². The van der Waals surface area contributed by atoms with Gasteiger partial charge in [-0.05, 0) is 0 Å². The van der Waals surface area contributed by atoms with Gasteiger partial charge < -0.3 is 29.9 Å². The van der Waals surface area contributed by atoms with Crippen LogP contribution in [0.4, 0.5) is 0 Å². The summed E-state index contributed by atoms with van der Waals surface area (Å²) in [5, 5.41) is 36.9. The smallest absolute Gasteiger partial charge is 0.374 e. The van der Waals surface area contributed by atoms with E-state index in [4.69, 9.17) is 14.9 Å². The van der Waals surface area contributed by atoms with Crippen LogP contribution in [0.5, 0.6) is 0 Å². The fraction of sp³-hybridized carbons (Fsp3) is 0.778. The number of ether oxygens (including phenoxy) is 2. The lowest BCUT2D eigenvalue weighted by atomic mass is 9.99. The first-order valence-corrected chi connectivity index (χ1v) is 4.90. The van der Waals surface area contributed by atoms with E-state index in [1.165, 1.54) is 0 Å². The SMILES string of the molecule is CC(=O)C(=O)O[C@H]1[C@H](O)[C@@H](O)[C@@H](O)O[C@@H]1CO. The lowest BCUT2D eigenvalue weighted by molar-refractivity contribution is -0.289. The average Bonchev–Trinajstić information content (AvgIpc) is 2.29. The molecule has 0 radical (unpaired) electrons. The molecule has 0 aliphatic carbocycles. The molecule has 8 heteroatoms. The molecule has 17 heavy (non-hydrogen) atoms. The monoisotopic (exact) mass is 250 g/mol. The molecular formula is C9H14O8. The molecule has 5 atom stereocenters. The van der Waals surface area contributed by atoms with Crippen LogP contribution in [0, 0.1) is 0 Å². The predicted molar refractivity (Wildman–Crippen MR) is 50.5 cm³/mol. The Balaban J connectivity index is 2.78. The van der Waals surface area contributed by atoms with Crippen molar-refractivity contribution in [2.45, 2.75) is 37.6 Å². The molecule has 0 aromatic rings. The fourth-order valence-electron chi connectivity index (χ4n) is 1.42. The molecule has 98 valence electrons. The molecule has 1 saturated heterocycles. The molecular weight excluding hydrogens is 236 g/mol. The minimum absolute atomic E-state index is 0.656. The van der Waals surface area contributed by atoms with E-state index in [1.54, 1.807) is 0 Å². The highest BCUT2D eigenvalue weighted by Gasteiger charge is 2.46. The molecule has 8 nitrogen and oxygen atoms in total. The van der Waals surface area contributed by atoms with Crippen LogP contribution in [0.2, 0.25) is 0 Å². The molecule has 0 spiro atoms. The summed E-state index contributed by atoms with van der Waals surface area (Å²) in [4.78, 5) is 21.7. The maximum Gasteiger partial charge on any atom is 0.374 e. The zero-order valence-corrected chi connectivity index (χ0v) is 9.02. The van der Waals surface area contributed by atoms with E-state index in [1.807, 2.05) is 0 Å². The molecule has 0 unspecified atom stereocenters. The van der Waals surface area contributed by atoms with Crippen molar-refractivity contribution >= 4 is 11.8 Å². The van der Waals surface area contributed by atoms with Crippen molar-refractivity contribution in [3.8, 4) is 0 Å². The van der Waals surface area contributed by atoms with Gasteiger partial charge in [0.15, 0.2) is 12.4 Å². The Morgan fingerprint density at radius 1 is 1.24 bits per heavy atom. The number of hydrogen-bond acceptors (Lipinski definition) is 8. The van der Waals surface area contributed by atoms with E-state index < -0.39 is 49.1 Å². The van der Waals surface area contributed by atoms with Crippen molar-refractivity contribution in [2.24, 2.45) is 0 Å². The Morgan fingerprint density at radius 3 is 2.29 bits per heavy atom. The maximum absolute atomic E-state index is 11.0. The summed E-state index contributed by atoms with van der Waals surface area (Å²) in [6.45, 7) is 0.314. The molecule has 1 aliphatic rings. The number of carbonyl (C=O) groups is 2. The van der Waals surface area contributed by atoms with E-state index >= 15 is 0 Å². The summed E-state index contributed by atoms with van der Waals surface area (Å²) in [5.74, 6) is -2.12. The zero-order valence-electron chi connectivity index (χ0n) is 9.02. The maximum atomic E-state index is 11.0. The molecule has 1 aliphatic heterocycles. The van der Waals surface area contributed by atoms with E-state index in [9.17, 15) is 19.8 Å². The molecule has 1 fully saturated rings. The van der Waals surface area contributed by atoms with Crippen LogP contribution in [0.1, 0.15) is 6.92 Å². The average molecular weight is 250 g/mol. The van der Waals surface area contributed by atoms with Gasteiger partial charge in [0.2, 0.25) is 5.78 Å². The van der Waals surface area contributed by atoms with Gasteiger partial charge in [-0.15, -0.1) is 0 Å². The van der Waals surface area contributed by atoms with Crippen molar-refractivity contribution in [2.75, 3.05) is 6.61 Å². The van der Waals surface area contributed by atoms with E-state index in [2.05, 4.69) is 4.74 Å². The zero-order chi connectivity index (χ0) is 13.2. The van der Waals surface area contributed by atoms with Gasteiger partial charge in [0.05, 0.1) is 6.61 Å². The normalized spacial score (nSPS) is 37.6. The second-order valence-corrected chi connectivity index (χ2v) is 3.65. The number of rotatable bonds is 3. The molecule has 0 bridgehead atoms. The molecule has 0 saturated carbocycles. The first-order chi connectivity index (χ1) is 7.88. The summed E-state index contributed by atoms with van der Waals surface area (Å²) in [5.41, 5.74) is 0. The first-order valence-electron chi connectivity index (χ1n) is 4.90. The van der Waals surface area contributed by atoms with Crippen LogP contribution in [0.25, 0.3) is 0 Å². The molecule has 0 aromatic heterocycles. The second-order valence-electron chi connectivity index (χ2n) is 3.65.